The molecule has 0 fully saturated rings. The number of carbonyl (C=O) groups is 3. The first-order valence-corrected chi connectivity index (χ1v) is 8.39. The number of nitrogens with zero attached hydrogens (tertiary/aromatic N) is 1. The second kappa shape index (κ2) is 7.75. The number of rotatable bonds is 6. The van der Waals surface area contributed by atoms with E-state index < -0.39 is 30.8 Å². The van der Waals surface area contributed by atoms with Crippen molar-refractivity contribution >= 4 is 34.9 Å². The maximum Gasteiger partial charge on any atom is 0.344 e. The lowest BCUT2D eigenvalue weighted by Gasteiger charge is -2.10. The second-order valence-electron chi connectivity index (χ2n) is 5.92. The number of Topliss-reactive ketones (excluding diaryl/α,β-unsaturated/α-hetero) is 1. The summed E-state index contributed by atoms with van der Waals surface area (Å²) in [4.78, 5) is 37.1. The zero-order chi connectivity index (χ0) is 19.6. The van der Waals surface area contributed by atoms with Crippen LogP contribution in [0.2, 0.25) is 5.02 Å². The quantitative estimate of drug-likeness (QED) is 0.559. The summed E-state index contributed by atoms with van der Waals surface area (Å²) in [5.41, 5.74) is 1.87. The van der Waals surface area contributed by atoms with Crippen molar-refractivity contribution in [3.05, 3.63) is 58.4 Å². The minimum absolute atomic E-state index is 0.0246. The first-order chi connectivity index (χ1) is 12.8. The lowest BCUT2D eigenvalue weighted by molar-refractivity contribution is -0.144. The van der Waals surface area contributed by atoms with Crippen molar-refractivity contribution in [2.24, 2.45) is 0 Å². The lowest BCUT2D eigenvalue weighted by atomic mass is 10.1. The largest absolute Gasteiger partial charge is 0.480 e. The zero-order valence-corrected chi connectivity index (χ0v) is 15.1. The molecule has 0 aromatic heterocycles. The molecule has 0 N–H and O–H groups in total. The van der Waals surface area contributed by atoms with E-state index in [9.17, 15) is 18.8 Å². The molecule has 0 spiro atoms. The molecule has 0 atom stereocenters. The Morgan fingerprint density at radius 1 is 1.19 bits per heavy atom. The fourth-order valence-corrected chi connectivity index (χ4v) is 2.87. The predicted molar refractivity (Wildman–Crippen MR) is 95.8 cm³/mol. The third-order valence-corrected chi connectivity index (χ3v) is 4.38. The smallest absolute Gasteiger partial charge is 0.344 e. The minimum Gasteiger partial charge on any atom is -0.480 e. The van der Waals surface area contributed by atoms with Gasteiger partial charge in [-0.05, 0) is 42.0 Å². The number of halogens is 2. The number of ketones is 1. The molecule has 6 nitrogen and oxygen atoms in total. The average Bonchev–Trinajstić information content (AvgIpc) is 2.92. The van der Waals surface area contributed by atoms with Crippen molar-refractivity contribution in [3.63, 3.8) is 0 Å². The van der Waals surface area contributed by atoms with Crippen LogP contribution >= 0.6 is 11.6 Å². The third kappa shape index (κ3) is 4.25. The molecule has 27 heavy (non-hydrogen) atoms. The fourth-order valence-electron chi connectivity index (χ4n) is 2.64. The zero-order valence-electron chi connectivity index (χ0n) is 14.3. The standard InChI is InChI=1S/C19H15ClFNO5/c1-22-15-4-2-11(6-12(15)7-18(22)24)16(23)9-27-19(25)10-26-17-5-3-13(21)8-14(17)20/h2-6,8H,7,9-10H2,1H3. The third-order valence-electron chi connectivity index (χ3n) is 4.08. The summed E-state index contributed by atoms with van der Waals surface area (Å²) in [6, 6.07) is 8.39. The number of anilines is 1. The van der Waals surface area contributed by atoms with E-state index in [0.717, 1.165) is 23.4 Å². The summed E-state index contributed by atoms with van der Waals surface area (Å²) >= 11 is 5.79. The summed E-state index contributed by atoms with van der Waals surface area (Å²) in [6.07, 6.45) is 0.235. The number of benzene rings is 2. The number of hydrogen-bond donors (Lipinski definition) is 0. The normalized spacial score (nSPS) is 12.7. The number of hydrogen-bond acceptors (Lipinski definition) is 5. The maximum absolute atomic E-state index is 13.0. The topological polar surface area (TPSA) is 72.9 Å². The Bertz CT molecular complexity index is 930. The first kappa shape index (κ1) is 18.8. The van der Waals surface area contributed by atoms with Gasteiger partial charge in [-0.15, -0.1) is 0 Å². The molecule has 0 bridgehead atoms. The molecule has 1 amide bonds. The molecule has 1 aliphatic heterocycles. The Hall–Kier alpha value is -2.93. The molecule has 0 radical (unpaired) electrons. The molecule has 3 rings (SSSR count). The number of likely N-dealkylation sites (N-methyl/N-ethyl adjacent to an activating group) is 1. The van der Waals surface area contributed by atoms with Gasteiger partial charge < -0.3 is 14.4 Å². The molecule has 2 aromatic rings. The van der Waals surface area contributed by atoms with Gasteiger partial charge in [0.25, 0.3) is 0 Å². The van der Waals surface area contributed by atoms with Gasteiger partial charge in [-0.1, -0.05) is 11.6 Å². The van der Waals surface area contributed by atoms with E-state index in [1.807, 2.05) is 0 Å². The van der Waals surface area contributed by atoms with E-state index in [1.54, 1.807) is 25.2 Å². The van der Waals surface area contributed by atoms with Gasteiger partial charge in [0.1, 0.15) is 11.6 Å². The van der Waals surface area contributed by atoms with Gasteiger partial charge in [-0.3, -0.25) is 9.59 Å². The first-order valence-electron chi connectivity index (χ1n) is 8.01. The van der Waals surface area contributed by atoms with E-state index in [1.165, 1.54) is 11.0 Å². The summed E-state index contributed by atoms with van der Waals surface area (Å²) in [6.45, 7) is -0.927. The summed E-state index contributed by atoms with van der Waals surface area (Å²) in [7, 11) is 1.67. The van der Waals surface area contributed by atoms with Gasteiger partial charge in [0.15, 0.2) is 19.0 Å². The minimum atomic E-state index is -0.764. The SMILES string of the molecule is CN1C(=O)Cc2cc(C(=O)COC(=O)COc3ccc(F)cc3Cl)ccc21. The Labute approximate surface area is 159 Å². The predicted octanol–water partition coefficient (Wildman–Crippen LogP) is 2.80. The fraction of sp³-hybridized carbons (Fsp3) is 0.211. The molecule has 0 saturated heterocycles. The number of fused-ring (bicyclic) bond motifs is 1. The van der Waals surface area contributed by atoms with E-state index >= 15 is 0 Å². The Balaban J connectivity index is 1.52. The van der Waals surface area contributed by atoms with E-state index in [2.05, 4.69) is 0 Å². The number of amides is 1. The van der Waals surface area contributed by atoms with Gasteiger partial charge in [0.05, 0.1) is 11.4 Å². The van der Waals surface area contributed by atoms with Crippen LogP contribution in [0.3, 0.4) is 0 Å². The molecular formula is C19H15ClFNO5. The molecule has 0 unspecified atom stereocenters. The summed E-state index contributed by atoms with van der Waals surface area (Å²) < 4.78 is 23.0. The van der Waals surface area contributed by atoms with Gasteiger partial charge in [0, 0.05) is 18.3 Å². The van der Waals surface area contributed by atoms with Crippen molar-refractivity contribution in [2.45, 2.75) is 6.42 Å². The van der Waals surface area contributed by atoms with Crippen LogP contribution in [0, 0.1) is 5.82 Å². The number of ether oxygens (including phenoxy) is 2. The molecule has 0 saturated carbocycles. The van der Waals surface area contributed by atoms with Gasteiger partial charge in [0.2, 0.25) is 5.91 Å². The monoisotopic (exact) mass is 391 g/mol. The second-order valence-corrected chi connectivity index (χ2v) is 6.33. The molecule has 1 heterocycles. The van der Waals surface area contributed by atoms with Gasteiger partial charge in [-0.2, -0.15) is 0 Å². The van der Waals surface area contributed by atoms with Gasteiger partial charge >= 0.3 is 5.97 Å². The van der Waals surface area contributed by atoms with E-state index in [4.69, 9.17) is 21.1 Å². The van der Waals surface area contributed by atoms with E-state index in [0.29, 0.717) is 5.56 Å². The lowest BCUT2D eigenvalue weighted by Crippen LogP contribution is -2.20. The van der Waals surface area contributed by atoms with Crippen molar-refractivity contribution in [2.75, 3.05) is 25.2 Å². The Kier molecular flexibility index (Phi) is 5.41. The van der Waals surface area contributed by atoms with Crippen LogP contribution in [0.5, 0.6) is 5.75 Å². The van der Waals surface area contributed by atoms with Crippen LogP contribution < -0.4 is 9.64 Å². The van der Waals surface area contributed by atoms with Crippen molar-refractivity contribution in [3.8, 4) is 5.75 Å². The van der Waals surface area contributed by atoms with Crippen molar-refractivity contribution < 1.29 is 28.2 Å². The Morgan fingerprint density at radius 3 is 2.70 bits per heavy atom. The maximum atomic E-state index is 13.0. The summed E-state index contributed by atoms with van der Waals surface area (Å²) in [5, 5.41) is 0.0246. The highest BCUT2D eigenvalue weighted by Gasteiger charge is 2.25. The average molecular weight is 392 g/mol. The van der Waals surface area contributed by atoms with Gasteiger partial charge in [-0.25, -0.2) is 9.18 Å². The molecular weight excluding hydrogens is 377 g/mol. The van der Waals surface area contributed by atoms with Crippen LogP contribution in [-0.4, -0.2) is 37.9 Å². The van der Waals surface area contributed by atoms with Crippen molar-refractivity contribution in [1.29, 1.82) is 0 Å². The highest BCUT2D eigenvalue weighted by atomic mass is 35.5. The molecule has 2 aromatic carbocycles. The summed E-state index contributed by atoms with van der Waals surface area (Å²) in [5.74, 6) is -1.60. The van der Waals surface area contributed by atoms with Crippen LogP contribution in [0.25, 0.3) is 0 Å². The van der Waals surface area contributed by atoms with Crippen LogP contribution in [0.4, 0.5) is 10.1 Å². The highest BCUT2D eigenvalue weighted by Crippen LogP contribution is 2.28. The van der Waals surface area contributed by atoms with Crippen molar-refractivity contribution in [1.82, 2.24) is 0 Å². The number of carbonyl (C=O) groups excluding carboxylic acids is 3. The Morgan fingerprint density at radius 2 is 1.96 bits per heavy atom. The number of esters is 1. The molecule has 8 heteroatoms. The molecule has 1 aliphatic rings. The van der Waals surface area contributed by atoms with Crippen LogP contribution in [0.15, 0.2) is 36.4 Å². The highest BCUT2D eigenvalue weighted by molar-refractivity contribution is 6.32. The molecule has 0 aliphatic carbocycles. The van der Waals surface area contributed by atoms with Crippen LogP contribution in [-0.2, 0) is 20.7 Å². The van der Waals surface area contributed by atoms with E-state index in [-0.39, 0.29) is 23.1 Å². The van der Waals surface area contributed by atoms with Crippen LogP contribution in [0.1, 0.15) is 15.9 Å². The molecule has 140 valence electrons.